The van der Waals surface area contributed by atoms with Crippen LogP contribution >= 0.6 is 15.9 Å². The van der Waals surface area contributed by atoms with Gasteiger partial charge in [-0.3, -0.25) is 0 Å². The Morgan fingerprint density at radius 3 is 2.55 bits per heavy atom. The van der Waals surface area contributed by atoms with Crippen molar-refractivity contribution in [2.24, 2.45) is 5.73 Å². The molecule has 0 fully saturated rings. The van der Waals surface area contributed by atoms with E-state index in [9.17, 15) is 8.78 Å². The average molecular weight is 342 g/mol. The third-order valence-corrected chi connectivity index (χ3v) is 3.37. The van der Waals surface area contributed by atoms with Crippen molar-refractivity contribution in [3.63, 3.8) is 0 Å². The van der Waals surface area contributed by atoms with Gasteiger partial charge in [0.2, 0.25) is 0 Å². The minimum absolute atomic E-state index is 0.0419. The molecule has 106 valence electrons. The van der Waals surface area contributed by atoms with E-state index < -0.39 is 5.82 Å². The molecule has 1 atom stereocenters. The van der Waals surface area contributed by atoms with Gasteiger partial charge in [-0.25, -0.2) is 8.78 Å². The molecule has 0 unspecified atom stereocenters. The number of ether oxygens (including phenoxy) is 1. The van der Waals surface area contributed by atoms with Crippen LogP contribution < -0.4 is 10.5 Å². The van der Waals surface area contributed by atoms with E-state index >= 15 is 0 Å². The number of hydrogen-bond donors (Lipinski definition) is 1. The highest BCUT2D eigenvalue weighted by atomic mass is 79.9. The summed E-state index contributed by atoms with van der Waals surface area (Å²) in [6.45, 7) is 1.73. The molecule has 0 aliphatic heterocycles. The Hall–Kier alpha value is -1.46. The Balaban J connectivity index is 2.13. The monoisotopic (exact) mass is 341 g/mol. The molecule has 0 radical (unpaired) electrons. The first-order valence-electron chi connectivity index (χ1n) is 6.09. The molecule has 0 aliphatic rings. The van der Waals surface area contributed by atoms with Crippen LogP contribution in [0.15, 0.2) is 40.9 Å². The SMILES string of the molecule is C[C@H](N)c1ccc(OCc2cc(Br)ccc2F)c(F)c1. The van der Waals surface area contributed by atoms with E-state index in [2.05, 4.69) is 15.9 Å². The van der Waals surface area contributed by atoms with E-state index in [1.807, 2.05) is 0 Å². The lowest BCUT2D eigenvalue weighted by Gasteiger charge is -2.11. The fourth-order valence-corrected chi connectivity index (χ4v) is 2.14. The highest BCUT2D eigenvalue weighted by Crippen LogP contribution is 2.23. The number of hydrogen-bond acceptors (Lipinski definition) is 2. The summed E-state index contributed by atoms with van der Waals surface area (Å²) in [6.07, 6.45) is 0. The lowest BCUT2D eigenvalue weighted by molar-refractivity contribution is 0.284. The van der Waals surface area contributed by atoms with Gasteiger partial charge in [-0.15, -0.1) is 0 Å². The fourth-order valence-electron chi connectivity index (χ4n) is 1.73. The molecule has 0 bridgehead atoms. The standard InChI is InChI=1S/C15H14BrF2NO/c1-9(19)10-2-5-15(14(18)7-10)20-8-11-6-12(16)3-4-13(11)17/h2-7,9H,8,19H2,1H3/t9-/m0/s1. The van der Waals surface area contributed by atoms with E-state index in [1.165, 1.54) is 18.2 Å². The van der Waals surface area contributed by atoms with E-state index in [0.29, 0.717) is 11.1 Å². The normalized spacial score (nSPS) is 12.2. The maximum atomic E-state index is 13.8. The first-order chi connectivity index (χ1) is 9.47. The highest BCUT2D eigenvalue weighted by Gasteiger charge is 2.09. The molecular formula is C15H14BrF2NO. The molecule has 0 saturated carbocycles. The first kappa shape index (κ1) is 14.9. The molecule has 2 aromatic rings. The van der Waals surface area contributed by atoms with Crippen molar-refractivity contribution in [2.75, 3.05) is 0 Å². The maximum Gasteiger partial charge on any atom is 0.165 e. The Kier molecular flexibility index (Phi) is 4.73. The van der Waals surface area contributed by atoms with Crippen LogP contribution in [0.4, 0.5) is 8.78 Å². The second-order valence-electron chi connectivity index (χ2n) is 4.50. The zero-order valence-electron chi connectivity index (χ0n) is 10.9. The summed E-state index contributed by atoms with van der Waals surface area (Å²) in [5.41, 5.74) is 6.71. The second-order valence-corrected chi connectivity index (χ2v) is 5.42. The zero-order chi connectivity index (χ0) is 14.7. The van der Waals surface area contributed by atoms with E-state index in [1.54, 1.807) is 25.1 Å². The second kappa shape index (κ2) is 6.33. The summed E-state index contributed by atoms with van der Waals surface area (Å²) in [7, 11) is 0. The van der Waals surface area contributed by atoms with Gasteiger partial charge in [0, 0.05) is 16.1 Å². The quantitative estimate of drug-likeness (QED) is 0.898. The molecule has 2 N–H and O–H groups in total. The van der Waals surface area contributed by atoms with Crippen LogP contribution in [-0.2, 0) is 6.61 Å². The van der Waals surface area contributed by atoms with Gasteiger partial charge in [0.25, 0.3) is 0 Å². The molecule has 0 aliphatic carbocycles. The topological polar surface area (TPSA) is 35.2 Å². The molecule has 0 spiro atoms. The van der Waals surface area contributed by atoms with Gasteiger partial charge in [0.05, 0.1) is 0 Å². The number of halogens is 3. The Morgan fingerprint density at radius 2 is 1.90 bits per heavy atom. The molecule has 0 aromatic heterocycles. The predicted molar refractivity (Wildman–Crippen MR) is 77.4 cm³/mol. The van der Waals surface area contributed by atoms with Crippen LogP contribution in [0.25, 0.3) is 0 Å². The summed E-state index contributed by atoms with van der Waals surface area (Å²) in [5.74, 6) is -0.815. The summed E-state index contributed by atoms with van der Waals surface area (Å²) in [4.78, 5) is 0. The van der Waals surface area contributed by atoms with Crippen molar-refractivity contribution in [1.29, 1.82) is 0 Å². The molecule has 0 saturated heterocycles. The van der Waals surface area contributed by atoms with Crippen molar-refractivity contribution in [3.05, 3.63) is 63.6 Å². The van der Waals surface area contributed by atoms with E-state index in [-0.39, 0.29) is 24.2 Å². The predicted octanol–water partition coefficient (Wildman–Crippen LogP) is 4.33. The molecule has 2 rings (SSSR count). The van der Waals surface area contributed by atoms with Gasteiger partial charge in [0.1, 0.15) is 12.4 Å². The fraction of sp³-hybridized carbons (Fsp3) is 0.200. The summed E-state index contributed by atoms with van der Waals surface area (Å²) >= 11 is 3.25. The minimum Gasteiger partial charge on any atom is -0.486 e. The highest BCUT2D eigenvalue weighted by molar-refractivity contribution is 9.10. The van der Waals surface area contributed by atoms with Gasteiger partial charge in [-0.05, 0) is 42.8 Å². The molecule has 0 amide bonds. The third kappa shape index (κ3) is 3.55. The Labute approximate surface area is 124 Å². The van der Waals surface area contributed by atoms with Crippen LogP contribution in [0.1, 0.15) is 24.1 Å². The van der Waals surface area contributed by atoms with Gasteiger partial charge in [0.15, 0.2) is 11.6 Å². The van der Waals surface area contributed by atoms with E-state index in [4.69, 9.17) is 10.5 Å². The van der Waals surface area contributed by atoms with Gasteiger partial charge >= 0.3 is 0 Å². The molecule has 20 heavy (non-hydrogen) atoms. The molecule has 2 aromatic carbocycles. The maximum absolute atomic E-state index is 13.8. The van der Waals surface area contributed by atoms with Gasteiger partial charge < -0.3 is 10.5 Å². The van der Waals surface area contributed by atoms with Gasteiger partial charge in [-0.1, -0.05) is 22.0 Å². The lowest BCUT2D eigenvalue weighted by atomic mass is 10.1. The number of benzene rings is 2. The summed E-state index contributed by atoms with van der Waals surface area (Å²) in [5, 5.41) is 0. The van der Waals surface area contributed by atoms with Crippen LogP contribution in [0.2, 0.25) is 0 Å². The minimum atomic E-state index is -0.504. The molecular weight excluding hydrogens is 328 g/mol. The first-order valence-corrected chi connectivity index (χ1v) is 6.88. The van der Waals surface area contributed by atoms with Crippen molar-refractivity contribution in [3.8, 4) is 5.75 Å². The zero-order valence-corrected chi connectivity index (χ0v) is 12.5. The number of rotatable bonds is 4. The van der Waals surface area contributed by atoms with E-state index in [0.717, 1.165) is 4.47 Å². The van der Waals surface area contributed by atoms with Crippen molar-refractivity contribution in [2.45, 2.75) is 19.6 Å². The number of nitrogens with two attached hydrogens (primary N) is 1. The largest absolute Gasteiger partial charge is 0.486 e. The Morgan fingerprint density at radius 1 is 1.15 bits per heavy atom. The van der Waals surface area contributed by atoms with Crippen LogP contribution in [0.3, 0.4) is 0 Å². The molecule has 0 heterocycles. The van der Waals surface area contributed by atoms with Gasteiger partial charge in [-0.2, -0.15) is 0 Å². The molecule has 2 nitrogen and oxygen atoms in total. The van der Waals surface area contributed by atoms with Crippen molar-refractivity contribution < 1.29 is 13.5 Å². The van der Waals surface area contributed by atoms with Crippen LogP contribution in [0, 0.1) is 11.6 Å². The third-order valence-electron chi connectivity index (χ3n) is 2.87. The smallest absolute Gasteiger partial charge is 0.165 e. The lowest BCUT2D eigenvalue weighted by Crippen LogP contribution is -2.06. The summed E-state index contributed by atoms with van der Waals surface area (Å²) < 4.78 is 33.4. The summed E-state index contributed by atoms with van der Waals surface area (Å²) in [6, 6.07) is 8.81. The van der Waals surface area contributed by atoms with Crippen molar-refractivity contribution >= 4 is 15.9 Å². The average Bonchev–Trinajstić information content (AvgIpc) is 2.40. The van der Waals surface area contributed by atoms with Crippen LogP contribution in [-0.4, -0.2) is 0 Å². The van der Waals surface area contributed by atoms with Crippen LogP contribution in [0.5, 0.6) is 5.75 Å². The molecule has 5 heteroatoms. The Bertz CT molecular complexity index is 617. The van der Waals surface area contributed by atoms with Crippen molar-refractivity contribution in [1.82, 2.24) is 0 Å².